The second kappa shape index (κ2) is 11.8. The summed E-state index contributed by atoms with van der Waals surface area (Å²) in [5.74, 6) is -0.242. The van der Waals surface area contributed by atoms with Crippen LogP contribution < -0.4 is 24.4 Å². The van der Waals surface area contributed by atoms with Crippen LogP contribution in [-0.4, -0.2) is 43.8 Å². The number of hydrogen-bond acceptors (Lipinski definition) is 9. The van der Waals surface area contributed by atoms with Gasteiger partial charge >= 0.3 is 11.7 Å². The standard InChI is InChI=1S/C24H21N3O8/c1-32-18-7-5-6-17(13-18)24(29)35-21-11-10-16(12-22(21)33-2)14-25-26-23(28)15-34-20-9-4-3-8-19(20)27(30)31/h3-14H,15H2,1-2H3,(H,26,28). The maximum Gasteiger partial charge on any atom is 0.343 e. The van der Waals surface area contributed by atoms with Crippen molar-refractivity contribution in [2.75, 3.05) is 20.8 Å². The minimum absolute atomic E-state index is 0.0274. The fraction of sp³-hybridized carbons (Fsp3) is 0.125. The van der Waals surface area contributed by atoms with Gasteiger partial charge in [-0.1, -0.05) is 18.2 Å². The first-order valence-electron chi connectivity index (χ1n) is 10.1. The normalized spacial score (nSPS) is 10.5. The molecule has 1 amide bonds. The van der Waals surface area contributed by atoms with Gasteiger partial charge in [-0.05, 0) is 48.0 Å². The van der Waals surface area contributed by atoms with Gasteiger partial charge in [0, 0.05) is 6.07 Å². The highest BCUT2D eigenvalue weighted by molar-refractivity contribution is 5.92. The van der Waals surface area contributed by atoms with Crippen LogP contribution in [0.15, 0.2) is 71.8 Å². The van der Waals surface area contributed by atoms with Gasteiger partial charge in [0.1, 0.15) is 5.75 Å². The van der Waals surface area contributed by atoms with Gasteiger partial charge in [-0.15, -0.1) is 0 Å². The summed E-state index contributed by atoms with van der Waals surface area (Å²) in [6, 6.07) is 17.0. The molecule has 3 rings (SSSR count). The Morgan fingerprint density at radius 1 is 0.971 bits per heavy atom. The molecule has 180 valence electrons. The highest BCUT2D eigenvalue weighted by Crippen LogP contribution is 2.29. The number of para-hydroxylation sites is 2. The van der Waals surface area contributed by atoms with Gasteiger partial charge in [0.2, 0.25) is 0 Å². The van der Waals surface area contributed by atoms with E-state index >= 15 is 0 Å². The first kappa shape index (κ1) is 24.7. The lowest BCUT2D eigenvalue weighted by Gasteiger charge is -2.10. The van der Waals surface area contributed by atoms with E-state index < -0.39 is 23.4 Å². The number of carbonyl (C=O) groups is 2. The largest absolute Gasteiger partial charge is 0.497 e. The highest BCUT2D eigenvalue weighted by Gasteiger charge is 2.15. The van der Waals surface area contributed by atoms with Crippen molar-refractivity contribution in [3.8, 4) is 23.0 Å². The number of benzene rings is 3. The van der Waals surface area contributed by atoms with E-state index in [9.17, 15) is 19.7 Å². The zero-order chi connectivity index (χ0) is 25.2. The second-order valence-electron chi connectivity index (χ2n) is 6.84. The first-order valence-corrected chi connectivity index (χ1v) is 10.1. The Morgan fingerprint density at radius 3 is 2.51 bits per heavy atom. The summed E-state index contributed by atoms with van der Waals surface area (Å²) >= 11 is 0. The maximum atomic E-state index is 12.4. The number of hydrazone groups is 1. The van der Waals surface area contributed by atoms with Crippen LogP contribution in [0, 0.1) is 10.1 Å². The van der Waals surface area contributed by atoms with E-state index in [0.29, 0.717) is 16.9 Å². The van der Waals surface area contributed by atoms with Crippen molar-refractivity contribution in [3.63, 3.8) is 0 Å². The van der Waals surface area contributed by atoms with Crippen LogP contribution in [0.5, 0.6) is 23.0 Å². The van der Waals surface area contributed by atoms with Crippen LogP contribution in [0.25, 0.3) is 0 Å². The average Bonchev–Trinajstić information content (AvgIpc) is 2.88. The summed E-state index contributed by atoms with van der Waals surface area (Å²) in [4.78, 5) is 34.8. The van der Waals surface area contributed by atoms with Crippen molar-refractivity contribution in [2.24, 2.45) is 5.10 Å². The lowest BCUT2D eigenvalue weighted by molar-refractivity contribution is -0.385. The van der Waals surface area contributed by atoms with Gasteiger partial charge in [0.25, 0.3) is 5.91 Å². The lowest BCUT2D eigenvalue weighted by Crippen LogP contribution is -2.24. The number of nitro groups is 1. The molecule has 0 atom stereocenters. The molecule has 0 unspecified atom stereocenters. The molecule has 0 aliphatic rings. The zero-order valence-electron chi connectivity index (χ0n) is 18.8. The Morgan fingerprint density at radius 2 is 1.77 bits per heavy atom. The smallest absolute Gasteiger partial charge is 0.343 e. The minimum atomic E-state index is -0.616. The van der Waals surface area contributed by atoms with Crippen LogP contribution >= 0.6 is 0 Å². The summed E-state index contributed by atoms with van der Waals surface area (Å²) in [5.41, 5.74) is 2.87. The molecule has 0 aromatic heterocycles. The summed E-state index contributed by atoms with van der Waals surface area (Å²) in [6.45, 7) is -0.468. The van der Waals surface area contributed by atoms with E-state index in [4.69, 9.17) is 18.9 Å². The zero-order valence-corrected chi connectivity index (χ0v) is 18.8. The average molecular weight is 479 g/mol. The first-order chi connectivity index (χ1) is 16.9. The Balaban J connectivity index is 1.58. The van der Waals surface area contributed by atoms with Crippen LogP contribution in [0.1, 0.15) is 15.9 Å². The van der Waals surface area contributed by atoms with Gasteiger partial charge in [-0.2, -0.15) is 5.10 Å². The van der Waals surface area contributed by atoms with Crippen molar-refractivity contribution in [1.29, 1.82) is 0 Å². The molecule has 3 aromatic carbocycles. The number of nitrogens with zero attached hydrogens (tertiary/aromatic N) is 2. The van der Waals surface area contributed by atoms with E-state index in [-0.39, 0.29) is 22.9 Å². The fourth-order valence-corrected chi connectivity index (χ4v) is 2.84. The van der Waals surface area contributed by atoms with E-state index in [0.717, 1.165) is 0 Å². The number of amides is 1. The summed E-state index contributed by atoms with van der Waals surface area (Å²) in [5, 5.41) is 14.8. The molecule has 0 radical (unpaired) electrons. The van der Waals surface area contributed by atoms with Crippen molar-refractivity contribution in [1.82, 2.24) is 5.43 Å². The molecule has 11 nitrogen and oxygen atoms in total. The molecule has 0 saturated heterocycles. The molecule has 11 heteroatoms. The second-order valence-corrected chi connectivity index (χ2v) is 6.84. The Hall–Kier alpha value is -4.93. The lowest BCUT2D eigenvalue weighted by atomic mass is 10.2. The monoisotopic (exact) mass is 479 g/mol. The van der Waals surface area contributed by atoms with Crippen LogP contribution in [0.3, 0.4) is 0 Å². The summed E-state index contributed by atoms with van der Waals surface area (Å²) < 4.78 is 21.0. The number of hydrogen-bond donors (Lipinski definition) is 1. The Bertz CT molecular complexity index is 1260. The molecule has 0 fully saturated rings. The molecule has 3 aromatic rings. The third-order valence-corrected chi connectivity index (χ3v) is 4.52. The molecule has 0 aliphatic carbocycles. The van der Waals surface area contributed by atoms with E-state index in [1.807, 2.05) is 0 Å². The Kier molecular flexibility index (Phi) is 8.33. The Labute approximate surface area is 200 Å². The van der Waals surface area contributed by atoms with Crippen LogP contribution in [-0.2, 0) is 4.79 Å². The molecular formula is C24H21N3O8. The molecule has 35 heavy (non-hydrogen) atoms. The number of methoxy groups -OCH3 is 2. The van der Waals surface area contributed by atoms with Gasteiger partial charge in [0.05, 0.1) is 30.9 Å². The maximum absolute atomic E-state index is 12.4. The van der Waals surface area contributed by atoms with Crippen molar-refractivity contribution < 1.29 is 33.5 Å². The SMILES string of the molecule is COc1cccc(C(=O)Oc2ccc(C=NNC(=O)COc3ccccc3[N+](=O)[O-])cc2OC)c1. The highest BCUT2D eigenvalue weighted by atomic mass is 16.6. The predicted molar refractivity (Wildman–Crippen MR) is 125 cm³/mol. The van der Waals surface area contributed by atoms with Crippen molar-refractivity contribution in [3.05, 3.63) is 88.0 Å². The summed E-state index contributed by atoms with van der Waals surface area (Å²) in [6.07, 6.45) is 1.35. The quantitative estimate of drug-likeness (QED) is 0.154. The molecule has 0 saturated carbocycles. The number of ether oxygens (including phenoxy) is 4. The van der Waals surface area contributed by atoms with Crippen LogP contribution in [0.4, 0.5) is 5.69 Å². The molecule has 0 heterocycles. The third kappa shape index (κ3) is 6.78. The van der Waals surface area contributed by atoms with Gasteiger partial charge in [0.15, 0.2) is 23.9 Å². The third-order valence-electron chi connectivity index (χ3n) is 4.52. The number of nitro benzene ring substituents is 1. The predicted octanol–water partition coefficient (Wildman–Crippen LogP) is 3.36. The van der Waals surface area contributed by atoms with Gasteiger partial charge in [-0.25, -0.2) is 10.2 Å². The molecule has 0 spiro atoms. The molecule has 1 N–H and O–H groups in total. The van der Waals surface area contributed by atoms with Crippen molar-refractivity contribution in [2.45, 2.75) is 0 Å². The minimum Gasteiger partial charge on any atom is -0.497 e. The van der Waals surface area contributed by atoms with Crippen LogP contribution in [0.2, 0.25) is 0 Å². The van der Waals surface area contributed by atoms with Crippen molar-refractivity contribution >= 4 is 23.8 Å². The molecule has 0 aliphatic heterocycles. The number of esters is 1. The van der Waals surface area contributed by atoms with Gasteiger partial charge < -0.3 is 18.9 Å². The molecule has 0 bridgehead atoms. The summed E-state index contributed by atoms with van der Waals surface area (Å²) in [7, 11) is 2.92. The molecular weight excluding hydrogens is 458 g/mol. The number of nitrogens with one attached hydrogen (secondary N) is 1. The fourth-order valence-electron chi connectivity index (χ4n) is 2.84. The van der Waals surface area contributed by atoms with E-state index in [1.54, 1.807) is 42.5 Å². The van der Waals surface area contributed by atoms with Gasteiger partial charge in [-0.3, -0.25) is 14.9 Å². The number of carbonyl (C=O) groups excluding carboxylic acids is 2. The van der Waals surface area contributed by atoms with E-state index in [1.165, 1.54) is 44.7 Å². The number of rotatable bonds is 10. The topological polar surface area (TPSA) is 139 Å². The van der Waals surface area contributed by atoms with E-state index in [2.05, 4.69) is 10.5 Å².